The lowest BCUT2D eigenvalue weighted by Crippen LogP contribution is -2.32. The Morgan fingerprint density at radius 1 is 1.56 bits per heavy atom. The Kier molecular flexibility index (Phi) is 2.95. The van der Waals surface area contributed by atoms with Gasteiger partial charge in [-0.3, -0.25) is 9.59 Å². The van der Waals surface area contributed by atoms with Gasteiger partial charge in [-0.05, 0) is 12.8 Å². The normalized spacial score (nSPS) is 23.8. The van der Waals surface area contributed by atoms with Gasteiger partial charge in [-0.25, -0.2) is 4.68 Å². The minimum atomic E-state index is -0.582. The van der Waals surface area contributed by atoms with Gasteiger partial charge in [0.25, 0.3) is 5.91 Å². The van der Waals surface area contributed by atoms with Crippen molar-refractivity contribution in [2.24, 2.45) is 5.73 Å². The van der Waals surface area contributed by atoms with Crippen LogP contribution in [0.1, 0.15) is 36.3 Å². The summed E-state index contributed by atoms with van der Waals surface area (Å²) in [5, 5.41) is 7.87. The molecule has 1 heterocycles. The number of primary amides is 1. The molecule has 1 saturated carbocycles. The van der Waals surface area contributed by atoms with E-state index in [9.17, 15) is 9.59 Å². The van der Waals surface area contributed by atoms with E-state index in [1.165, 1.54) is 11.8 Å². The van der Waals surface area contributed by atoms with Crippen LogP contribution in [0.5, 0.6) is 0 Å². The molecule has 2 N–H and O–H groups in total. The van der Waals surface area contributed by atoms with Gasteiger partial charge in [0.2, 0.25) is 0 Å². The summed E-state index contributed by atoms with van der Waals surface area (Å²) in [5.41, 5.74) is 5.25. The molecule has 0 aliphatic heterocycles. The van der Waals surface area contributed by atoms with E-state index in [-0.39, 0.29) is 22.1 Å². The van der Waals surface area contributed by atoms with Crippen molar-refractivity contribution in [3.8, 4) is 0 Å². The number of carbonyl (C=O) groups is 2. The van der Waals surface area contributed by atoms with Gasteiger partial charge in [0.15, 0.2) is 10.8 Å². The fourth-order valence-electron chi connectivity index (χ4n) is 1.66. The van der Waals surface area contributed by atoms with Gasteiger partial charge in [0.1, 0.15) is 0 Å². The quantitative estimate of drug-likeness (QED) is 0.823. The van der Waals surface area contributed by atoms with Crippen molar-refractivity contribution in [2.75, 3.05) is 0 Å². The van der Waals surface area contributed by atoms with Gasteiger partial charge in [-0.2, -0.15) is 0 Å². The number of hydrogen-bond donors (Lipinski definition) is 1. The third-order valence-electron chi connectivity index (χ3n) is 2.60. The van der Waals surface area contributed by atoms with Gasteiger partial charge in [-0.15, -0.1) is 5.10 Å². The summed E-state index contributed by atoms with van der Waals surface area (Å²) in [6, 6.07) is 0.148. The molecule has 1 aromatic heterocycles. The lowest BCUT2D eigenvalue weighted by molar-refractivity contribution is -0.109. The molecule has 2 rings (SSSR count). The first-order chi connectivity index (χ1) is 7.58. The number of nitrogens with two attached hydrogens (primary N) is 1. The Morgan fingerprint density at radius 3 is 2.75 bits per heavy atom. The number of amides is 1. The second-order valence-corrected chi connectivity index (χ2v) is 5.16. The SMILES string of the molecule is CC(=O)SC1CCC1n1cc(C(N)=O)nn1. The van der Waals surface area contributed by atoms with Crippen molar-refractivity contribution >= 4 is 22.8 Å². The van der Waals surface area contributed by atoms with Crippen molar-refractivity contribution < 1.29 is 9.59 Å². The van der Waals surface area contributed by atoms with Gasteiger partial charge in [0, 0.05) is 12.2 Å². The number of nitrogens with zero attached hydrogens (tertiary/aromatic N) is 3. The van der Waals surface area contributed by atoms with Crippen LogP contribution in [-0.4, -0.2) is 31.3 Å². The largest absolute Gasteiger partial charge is 0.364 e. The van der Waals surface area contributed by atoms with Crippen LogP contribution in [0.3, 0.4) is 0 Å². The molecule has 6 nitrogen and oxygen atoms in total. The summed E-state index contributed by atoms with van der Waals surface area (Å²) in [7, 11) is 0. The molecule has 0 aromatic carbocycles. The van der Waals surface area contributed by atoms with Crippen LogP contribution in [-0.2, 0) is 4.79 Å². The molecule has 2 atom stereocenters. The molecule has 1 aromatic rings. The second kappa shape index (κ2) is 4.25. The summed E-state index contributed by atoms with van der Waals surface area (Å²) >= 11 is 1.32. The molecule has 16 heavy (non-hydrogen) atoms. The van der Waals surface area contributed by atoms with Crippen LogP contribution >= 0.6 is 11.8 Å². The predicted octanol–water partition coefficient (Wildman–Crippen LogP) is 0.360. The number of thioether (sulfide) groups is 1. The van der Waals surface area contributed by atoms with E-state index in [1.54, 1.807) is 17.8 Å². The summed E-state index contributed by atoms with van der Waals surface area (Å²) in [5.74, 6) is -0.582. The average Bonchev–Trinajstić information content (AvgIpc) is 2.61. The molecule has 1 aliphatic rings. The average molecular weight is 240 g/mol. The highest BCUT2D eigenvalue weighted by atomic mass is 32.2. The fraction of sp³-hybridized carbons (Fsp3) is 0.556. The Balaban J connectivity index is 2.06. The standard InChI is InChI=1S/C9H12N4O2S/c1-5(14)16-8-3-2-7(8)13-4-6(9(10)15)11-12-13/h4,7-8H,2-3H2,1H3,(H2,10,15). The first-order valence-corrected chi connectivity index (χ1v) is 5.84. The molecule has 1 fully saturated rings. The Labute approximate surface area is 96.6 Å². The zero-order valence-electron chi connectivity index (χ0n) is 8.79. The summed E-state index contributed by atoms with van der Waals surface area (Å²) in [6.45, 7) is 1.55. The van der Waals surface area contributed by atoms with Crippen molar-refractivity contribution in [2.45, 2.75) is 31.1 Å². The molecular formula is C9H12N4O2S. The van der Waals surface area contributed by atoms with E-state index in [0.717, 1.165) is 12.8 Å². The fourth-order valence-corrected chi connectivity index (χ4v) is 2.75. The number of hydrogen-bond acceptors (Lipinski definition) is 5. The van der Waals surface area contributed by atoms with Gasteiger partial charge < -0.3 is 5.73 Å². The van der Waals surface area contributed by atoms with E-state index >= 15 is 0 Å². The van der Waals surface area contributed by atoms with Crippen LogP contribution < -0.4 is 5.73 Å². The number of carbonyl (C=O) groups excluding carboxylic acids is 2. The minimum Gasteiger partial charge on any atom is -0.364 e. The lowest BCUT2D eigenvalue weighted by atomic mass is 9.92. The van der Waals surface area contributed by atoms with E-state index in [4.69, 9.17) is 5.73 Å². The molecule has 0 bridgehead atoms. The van der Waals surface area contributed by atoms with Gasteiger partial charge in [-0.1, -0.05) is 17.0 Å². The molecule has 7 heteroatoms. The minimum absolute atomic E-state index is 0.102. The zero-order chi connectivity index (χ0) is 11.7. The Bertz CT molecular complexity index is 431. The molecule has 0 radical (unpaired) electrons. The Morgan fingerprint density at radius 2 is 2.31 bits per heavy atom. The Hall–Kier alpha value is -1.37. The maximum Gasteiger partial charge on any atom is 0.270 e. The zero-order valence-corrected chi connectivity index (χ0v) is 9.61. The molecule has 86 valence electrons. The molecular weight excluding hydrogens is 228 g/mol. The maximum absolute atomic E-state index is 11.0. The lowest BCUT2D eigenvalue weighted by Gasteiger charge is -2.34. The summed E-state index contributed by atoms with van der Waals surface area (Å²) < 4.78 is 1.63. The highest BCUT2D eigenvalue weighted by Crippen LogP contribution is 2.40. The highest BCUT2D eigenvalue weighted by molar-refractivity contribution is 8.14. The van der Waals surface area contributed by atoms with Gasteiger partial charge in [0.05, 0.1) is 12.2 Å². The van der Waals surface area contributed by atoms with E-state index in [2.05, 4.69) is 10.3 Å². The third-order valence-corrected chi connectivity index (χ3v) is 3.78. The van der Waals surface area contributed by atoms with E-state index in [0.29, 0.717) is 0 Å². The summed E-state index contributed by atoms with van der Waals surface area (Å²) in [4.78, 5) is 21.8. The van der Waals surface area contributed by atoms with Crippen LogP contribution in [0.25, 0.3) is 0 Å². The van der Waals surface area contributed by atoms with Crippen LogP contribution in [0.15, 0.2) is 6.20 Å². The van der Waals surface area contributed by atoms with Crippen LogP contribution in [0.4, 0.5) is 0 Å². The highest BCUT2D eigenvalue weighted by Gasteiger charge is 2.35. The van der Waals surface area contributed by atoms with E-state index < -0.39 is 5.91 Å². The molecule has 1 amide bonds. The maximum atomic E-state index is 11.0. The number of aromatic nitrogens is 3. The van der Waals surface area contributed by atoms with Crippen molar-refractivity contribution in [3.63, 3.8) is 0 Å². The third kappa shape index (κ3) is 2.08. The first-order valence-electron chi connectivity index (χ1n) is 4.97. The smallest absolute Gasteiger partial charge is 0.270 e. The molecule has 2 unspecified atom stereocenters. The predicted molar refractivity (Wildman–Crippen MR) is 58.9 cm³/mol. The van der Waals surface area contributed by atoms with Gasteiger partial charge >= 0.3 is 0 Å². The van der Waals surface area contributed by atoms with Crippen LogP contribution in [0, 0.1) is 0 Å². The van der Waals surface area contributed by atoms with Crippen LogP contribution in [0.2, 0.25) is 0 Å². The second-order valence-electron chi connectivity index (χ2n) is 3.74. The topological polar surface area (TPSA) is 90.9 Å². The number of rotatable bonds is 3. The first kappa shape index (κ1) is 11.1. The summed E-state index contributed by atoms with van der Waals surface area (Å²) in [6.07, 6.45) is 3.48. The monoisotopic (exact) mass is 240 g/mol. The van der Waals surface area contributed by atoms with E-state index in [1.807, 2.05) is 0 Å². The van der Waals surface area contributed by atoms with Crippen molar-refractivity contribution in [1.82, 2.24) is 15.0 Å². The molecule has 0 spiro atoms. The molecule has 0 saturated heterocycles. The van der Waals surface area contributed by atoms with Crippen molar-refractivity contribution in [1.29, 1.82) is 0 Å². The molecule has 1 aliphatic carbocycles. The van der Waals surface area contributed by atoms with Crippen molar-refractivity contribution in [3.05, 3.63) is 11.9 Å².